The van der Waals surface area contributed by atoms with Crippen LogP contribution in [0.3, 0.4) is 0 Å². The molecule has 1 aromatic rings. The molecule has 0 amide bonds. The summed E-state index contributed by atoms with van der Waals surface area (Å²) in [6.45, 7) is 5.70. The van der Waals surface area contributed by atoms with Crippen LogP contribution in [0.2, 0.25) is 0 Å². The molecular weight excluding hydrogens is 255 g/mol. The van der Waals surface area contributed by atoms with Gasteiger partial charge in [-0.1, -0.05) is 12.1 Å². The predicted octanol–water partition coefficient (Wildman–Crippen LogP) is 2.41. The van der Waals surface area contributed by atoms with Gasteiger partial charge in [0.05, 0.1) is 6.10 Å². The molecule has 2 rings (SSSR count). The van der Waals surface area contributed by atoms with E-state index in [0.29, 0.717) is 12.1 Å². The first-order valence-electron chi connectivity index (χ1n) is 7.42. The number of benzene rings is 1. The van der Waals surface area contributed by atoms with Crippen LogP contribution in [0.15, 0.2) is 24.3 Å². The standard InChI is InChI=1S/C16H25FN2O/c1-13(10-18-11-16-7-4-8-20-16)19(2)12-14-5-3-6-15(17)9-14/h3,5-6,9,13,16,18H,4,7-8,10-12H2,1-2H3. The van der Waals surface area contributed by atoms with E-state index in [1.807, 2.05) is 6.07 Å². The van der Waals surface area contributed by atoms with E-state index in [4.69, 9.17) is 4.74 Å². The van der Waals surface area contributed by atoms with E-state index in [2.05, 4.69) is 24.2 Å². The number of nitrogens with one attached hydrogen (secondary N) is 1. The molecule has 2 atom stereocenters. The Hall–Kier alpha value is -0.970. The van der Waals surface area contributed by atoms with Crippen molar-refractivity contribution in [2.75, 3.05) is 26.7 Å². The Bertz CT molecular complexity index is 407. The number of hydrogen-bond donors (Lipinski definition) is 1. The molecule has 1 N–H and O–H groups in total. The lowest BCUT2D eigenvalue weighted by molar-refractivity contribution is 0.108. The predicted molar refractivity (Wildman–Crippen MR) is 79.2 cm³/mol. The van der Waals surface area contributed by atoms with Crippen molar-refractivity contribution in [2.24, 2.45) is 0 Å². The van der Waals surface area contributed by atoms with Crippen LogP contribution in [0.4, 0.5) is 4.39 Å². The lowest BCUT2D eigenvalue weighted by atomic mass is 10.2. The average molecular weight is 280 g/mol. The lowest BCUT2D eigenvalue weighted by Gasteiger charge is -2.25. The average Bonchev–Trinajstić information content (AvgIpc) is 2.91. The van der Waals surface area contributed by atoms with Gasteiger partial charge in [0.1, 0.15) is 5.82 Å². The normalized spacial score (nSPS) is 20.5. The van der Waals surface area contributed by atoms with Crippen molar-refractivity contribution >= 4 is 0 Å². The van der Waals surface area contributed by atoms with Crippen LogP contribution in [0.25, 0.3) is 0 Å². The molecule has 3 nitrogen and oxygen atoms in total. The third-order valence-corrected chi connectivity index (χ3v) is 3.91. The first-order chi connectivity index (χ1) is 9.65. The second-order valence-electron chi connectivity index (χ2n) is 5.69. The van der Waals surface area contributed by atoms with Gasteiger partial charge in [0.25, 0.3) is 0 Å². The molecule has 1 fully saturated rings. The number of hydrogen-bond acceptors (Lipinski definition) is 3. The van der Waals surface area contributed by atoms with E-state index in [1.165, 1.54) is 18.9 Å². The fourth-order valence-corrected chi connectivity index (χ4v) is 2.49. The Labute approximate surface area is 121 Å². The van der Waals surface area contributed by atoms with Crippen molar-refractivity contribution in [3.63, 3.8) is 0 Å². The third-order valence-electron chi connectivity index (χ3n) is 3.91. The van der Waals surface area contributed by atoms with E-state index in [9.17, 15) is 4.39 Å². The van der Waals surface area contributed by atoms with Crippen molar-refractivity contribution < 1.29 is 9.13 Å². The minimum absolute atomic E-state index is 0.167. The highest BCUT2D eigenvalue weighted by molar-refractivity contribution is 5.16. The first-order valence-corrected chi connectivity index (χ1v) is 7.42. The third kappa shape index (κ3) is 4.85. The van der Waals surface area contributed by atoms with Gasteiger partial charge in [-0.2, -0.15) is 0 Å². The minimum atomic E-state index is -0.167. The summed E-state index contributed by atoms with van der Waals surface area (Å²) in [4.78, 5) is 2.23. The number of likely N-dealkylation sites (N-methyl/N-ethyl adjacent to an activating group) is 1. The maximum Gasteiger partial charge on any atom is 0.123 e. The SMILES string of the molecule is CC(CNCC1CCCO1)N(C)Cc1cccc(F)c1. The molecule has 1 aliphatic rings. The number of rotatable bonds is 7. The molecule has 1 saturated heterocycles. The largest absolute Gasteiger partial charge is 0.377 e. The van der Waals surface area contributed by atoms with Crippen LogP contribution in [-0.4, -0.2) is 43.8 Å². The van der Waals surface area contributed by atoms with Crippen molar-refractivity contribution in [2.45, 2.75) is 38.5 Å². The van der Waals surface area contributed by atoms with Gasteiger partial charge in [0, 0.05) is 32.3 Å². The number of halogens is 1. The summed E-state index contributed by atoms with van der Waals surface area (Å²) in [6, 6.07) is 7.21. The summed E-state index contributed by atoms with van der Waals surface area (Å²) in [6.07, 6.45) is 2.73. The fourth-order valence-electron chi connectivity index (χ4n) is 2.49. The highest BCUT2D eigenvalue weighted by Gasteiger charge is 2.16. The first kappa shape index (κ1) is 15.4. The summed E-state index contributed by atoms with van der Waals surface area (Å²) >= 11 is 0. The van der Waals surface area contributed by atoms with E-state index >= 15 is 0 Å². The smallest absolute Gasteiger partial charge is 0.123 e. The van der Waals surface area contributed by atoms with Gasteiger partial charge in [-0.15, -0.1) is 0 Å². The van der Waals surface area contributed by atoms with E-state index in [1.54, 1.807) is 12.1 Å². The Morgan fingerprint density at radius 2 is 2.35 bits per heavy atom. The molecule has 0 saturated carbocycles. The second kappa shape index (κ2) is 7.72. The fraction of sp³-hybridized carbons (Fsp3) is 0.625. The molecule has 0 radical (unpaired) electrons. The van der Waals surface area contributed by atoms with Crippen LogP contribution in [0.1, 0.15) is 25.3 Å². The highest BCUT2D eigenvalue weighted by Crippen LogP contribution is 2.11. The molecule has 0 spiro atoms. The van der Waals surface area contributed by atoms with Gasteiger partial charge in [0.15, 0.2) is 0 Å². The Balaban J connectivity index is 1.69. The zero-order chi connectivity index (χ0) is 14.4. The second-order valence-corrected chi connectivity index (χ2v) is 5.69. The summed E-state index contributed by atoms with van der Waals surface area (Å²) in [5.41, 5.74) is 1.01. The van der Waals surface area contributed by atoms with Gasteiger partial charge in [-0.3, -0.25) is 4.90 Å². The van der Waals surface area contributed by atoms with Crippen LogP contribution < -0.4 is 5.32 Å². The number of nitrogens with zero attached hydrogens (tertiary/aromatic N) is 1. The van der Waals surface area contributed by atoms with Crippen molar-refractivity contribution in [1.29, 1.82) is 0 Å². The molecular formula is C16H25FN2O. The van der Waals surface area contributed by atoms with E-state index in [-0.39, 0.29) is 5.82 Å². The Kier molecular flexibility index (Phi) is 5.95. The quantitative estimate of drug-likeness (QED) is 0.830. The zero-order valence-electron chi connectivity index (χ0n) is 12.4. The van der Waals surface area contributed by atoms with Gasteiger partial charge in [-0.25, -0.2) is 4.39 Å². The molecule has 0 aromatic heterocycles. The van der Waals surface area contributed by atoms with Crippen LogP contribution in [0.5, 0.6) is 0 Å². The zero-order valence-corrected chi connectivity index (χ0v) is 12.4. The summed E-state index contributed by atoms with van der Waals surface area (Å²) in [5, 5.41) is 3.46. The van der Waals surface area contributed by atoms with Gasteiger partial charge in [-0.05, 0) is 44.5 Å². The molecule has 1 aliphatic heterocycles. The monoisotopic (exact) mass is 280 g/mol. The maximum absolute atomic E-state index is 13.1. The minimum Gasteiger partial charge on any atom is -0.377 e. The van der Waals surface area contributed by atoms with E-state index < -0.39 is 0 Å². The Morgan fingerprint density at radius 1 is 1.50 bits per heavy atom. The van der Waals surface area contributed by atoms with Crippen LogP contribution >= 0.6 is 0 Å². The summed E-state index contributed by atoms with van der Waals surface area (Å²) < 4.78 is 18.7. The number of ether oxygens (including phenoxy) is 1. The van der Waals surface area contributed by atoms with Gasteiger partial charge in [0.2, 0.25) is 0 Å². The van der Waals surface area contributed by atoms with Gasteiger partial charge >= 0.3 is 0 Å². The van der Waals surface area contributed by atoms with Crippen molar-refractivity contribution in [3.05, 3.63) is 35.6 Å². The van der Waals surface area contributed by atoms with E-state index in [0.717, 1.165) is 31.8 Å². The Morgan fingerprint density at radius 3 is 3.05 bits per heavy atom. The molecule has 4 heteroatoms. The van der Waals surface area contributed by atoms with Crippen molar-refractivity contribution in [3.8, 4) is 0 Å². The lowest BCUT2D eigenvalue weighted by Crippen LogP contribution is -2.39. The molecule has 2 unspecified atom stereocenters. The topological polar surface area (TPSA) is 24.5 Å². The summed E-state index contributed by atoms with van der Waals surface area (Å²) in [5.74, 6) is -0.167. The molecule has 20 heavy (non-hydrogen) atoms. The molecule has 1 aromatic carbocycles. The van der Waals surface area contributed by atoms with Crippen molar-refractivity contribution in [1.82, 2.24) is 10.2 Å². The molecule has 0 bridgehead atoms. The molecule has 0 aliphatic carbocycles. The van der Waals surface area contributed by atoms with Gasteiger partial charge < -0.3 is 10.1 Å². The van der Waals surface area contributed by atoms with Crippen LogP contribution in [0, 0.1) is 5.82 Å². The highest BCUT2D eigenvalue weighted by atomic mass is 19.1. The van der Waals surface area contributed by atoms with Crippen LogP contribution in [-0.2, 0) is 11.3 Å². The molecule has 112 valence electrons. The summed E-state index contributed by atoms with van der Waals surface area (Å²) in [7, 11) is 2.07. The maximum atomic E-state index is 13.1. The molecule has 1 heterocycles.